The van der Waals surface area contributed by atoms with E-state index in [1.54, 1.807) is 46.8 Å². The van der Waals surface area contributed by atoms with Gasteiger partial charge in [0.2, 0.25) is 0 Å². The van der Waals surface area contributed by atoms with Crippen molar-refractivity contribution in [1.29, 1.82) is 0 Å². The highest BCUT2D eigenvalue weighted by molar-refractivity contribution is 7.87. The zero-order chi connectivity index (χ0) is 22.2. The minimum Gasteiger partial charge on any atom is -0.444 e. The van der Waals surface area contributed by atoms with Crippen molar-refractivity contribution in [3.05, 3.63) is 29.8 Å². The first-order valence-electron chi connectivity index (χ1n) is 9.12. The van der Waals surface area contributed by atoms with E-state index < -0.39 is 33.9 Å². The summed E-state index contributed by atoms with van der Waals surface area (Å²) in [6.45, 7) is 9.20. The van der Waals surface area contributed by atoms with Crippen molar-refractivity contribution < 1.29 is 32.1 Å². The van der Waals surface area contributed by atoms with E-state index in [-0.39, 0.29) is 25.3 Å². The van der Waals surface area contributed by atoms with Gasteiger partial charge in [-0.15, -0.1) is 0 Å². The van der Waals surface area contributed by atoms with E-state index in [9.17, 15) is 18.0 Å². The van der Waals surface area contributed by atoms with Crippen LogP contribution in [0.2, 0.25) is 0 Å². The van der Waals surface area contributed by atoms with Crippen LogP contribution >= 0.6 is 0 Å². The Kier molecular flexibility index (Phi) is 8.86. The van der Waals surface area contributed by atoms with Crippen LogP contribution in [0.4, 0.5) is 10.5 Å². The molecule has 0 aliphatic heterocycles. The number of likely N-dealkylation sites (N-methyl/N-ethyl adjacent to an activating group) is 1. The molecule has 1 aromatic carbocycles. The topological polar surface area (TPSA) is 134 Å². The predicted octanol–water partition coefficient (Wildman–Crippen LogP) is 2.14. The number of hydrogen-bond acceptors (Lipinski definition) is 6. The van der Waals surface area contributed by atoms with Crippen molar-refractivity contribution in [2.45, 2.75) is 52.7 Å². The summed E-state index contributed by atoms with van der Waals surface area (Å²) >= 11 is 0. The quantitative estimate of drug-likeness (QED) is 0.403. The fraction of sp³-hybridized carbons (Fsp3) is 0.556. The van der Waals surface area contributed by atoms with Crippen molar-refractivity contribution in [2.24, 2.45) is 0 Å². The molecule has 1 unspecified atom stereocenters. The molecule has 0 radical (unpaired) electrons. The lowest BCUT2D eigenvalue weighted by molar-refractivity contribution is -0.185. The number of hydroxylamine groups is 2. The number of nitrogens with zero attached hydrogens (tertiary/aromatic N) is 1. The van der Waals surface area contributed by atoms with Gasteiger partial charge in [-0.2, -0.15) is 8.42 Å². The highest BCUT2D eigenvalue weighted by Crippen LogP contribution is 2.14. The van der Waals surface area contributed by atoms with Gasteiger partial charge in [0.05, 0.1) is 12.3 Å². The molecule has 164 valence electrons. The summed E-state index contributed by atoms with van der Waals surface area (Å²) in [5, 5.41) is 3.73. The van der Waals surface area contributed by atoms with Crippen LogP contribution in [0.3, 0.4) is 0 Å². The molecule has 29 heavy (non-hydrogen) atoms. The molecule has 0 aliphatic rings. The Morgan fingerprint density at radius 3 is 2.21 bits per heavy atom. The first-order valence-corrected chi connectivity index (χ1v) is 10.6. The smallest absolute Gasteiger partial charge is 0.408 e. The minimum absolute atomic E-state index is 0.119. The van der Waals surface area contributed by atoms with Crippen LogP contribution in [0.25, 0.3) is 0 Å². The molecule has 10 nitrogen and oxygen atoms in total. The Balaban J connectivity index is 3.01. The average molecular weight is 432 g/mol. The van der Waals surface area contributed by atoms with Crippen LogP contribution in [-0.4, -0.2) is 54.8 Å². The monoisotopic (exact) mass is 431 g/mol. The number of rotatable bonds is 9. The second-order valence-corrected chi connectivity index (χ2v) is 8.28. The molecule has 0 bridgehead atoms. The van der Waals surface area contributed by atoms with Crippen molar-refractivity contribution in [3.63, 3.8) is 0 Å². The number of amides is 2. The molecule has 0 spiro atoms. The average Bonchev–Trinajstić information content (AvgIpc) is 2.57. The van der Waals surface area contributed by atoms with Crippen molar-refractivity contribution >= 4 is 28.0 Å². The molecule has 2 amide bonds. The van der Waals surface area contributed by atoms with Gasteiger partial charge in [0.1, 0.15) is 11.6 Å². The van der Waals surface area contributed by atoms with E-state index in [0.29, 0.717) is 5.56 Å². The van der Waals surface area contributed by atoms with E-state index in [4.69, 9.17) is 14.1 Å². The lowest BCUT2D eigenvalue weighted by atomic mass is 10.0. The second kappa shape index (κ2) is 10.4. The lowest BCUT2D eigenvalue weighted by Crippen LogP contribution is -2.50. The molecular weight excluding hydrogens is 402 g/mol. The van der Waals surface area contributed by atoms with E-state index >= 15 is 0 Å². The SMILES string of the molecule is CCON(CC)C(=O)C(Cc1ccc(NS(=O)(=O)O)cc1)NC(=O)OC(C)(C)C. The first-order chi connectivity index (χ1) is 13.3. The van der Waals surface area contributed by atoms with Crippen LogP contribution in [0.5, 0.6) is 0 Å². The van der Waals surface area contributed by atoms with Gasteiger partial charge in [0.15, 0.2) is 0 Å². The van der Waals surface area contributed by atoms with Crippen LogP contribution in [0.15, 0.2) is 24.3 Å². The number of carbonyl (C=O) groups is 2. The van der Waals surface area contributed by atoms with Crippen LogP contribution in [0.1, 0.15) is 40.2 Å². The van der Waals surface area contributed by atoms with Gasteiger partial charge in [-0.1, -0.05) is 12.1 Å². The summed E-state index contributed by atoms with van der Waals surface area (Å²) in [7, 11) is -4.38. The number of anilines is 1. The van der Waals surface area contributed by atoms with E-state index in [0.717, 1.165) is 5.06 Å². The Bertz CT molecular complexity index is 789. The van der Waals surface area contributed by atoms with Gasteiger partial charge >= 0.3 is 16.4 Å². The third kappa shape index (κ3) is 9.59. The predicted molar refractivity (Wildman–Crippen MR) is 107 cm³/mol. The van der Waals surface area contributed by atoms with Crippen molar-refractivity contribution in [2.75, 3.05) is 17.9 Å². The molecule has 1 rings (SSSR count). The minimum atomic E-state index is -4.38. The maximum Gasteiger partial charge on any atom is 0.408 e. The lowest BCUT2D eigenvalue weighted by Gasteiger charge is -2.27. The zero-order valence-electron chi connectivity index (χ0n) is 17.3. The molecule has 0 aliphatic carbocycles. The van der Waals surface area contributed by atoms with E-state index in [1.165, 1.54) is 12.1 Å². The summed E-state index contributed by atoms with van der Waals surface area (Å²) < 4.78 is 37.7. The maximum atomic E-state index is 12.8. The van der Waals surface area contributed by atoms with Crippen LogP contribution in [-0.2, 0) is 31.1 Å². The van der Waals surface area contributed by atoms with Gasteiger partial charge in [0, 0.05) is 13.0 Å². The molecule has 0 aromatic heterocycles. The summed E-state index contributed by atoms with van der Waals surface area (Å²) in [4.78, 5) is 30.3. The van der Waals surface area contributed by atoms with Crippen molar-refractivity contribution in [1.82, 2.24) is 10.4 Å². The van der Waals surface area contributed by atoms with Crippen molar-refractivity contribution in [3.8, 4) is 0 Å². The summed E-state index contributed by atoms with van der Waals surface area (Å²) in [6, 6.07) is 5.04. The largest absolute Gasteiger partial charge is 0.444 e. The highest BCUT2D eigenvalue weighted by atomic mass is 32.2. The number of ether oxygens (including phenoxy) is 1. The second-order valence-electron chi connectivity index (χ2n) is 7.13. The number of benzene rings is 1. The maximum absolute atomic E-state index is 12.8. The summed E-state index contributed by atoms with van der Waals surface area (Å²) in [6.07, 6.45) is -0.624. The summed E-state index contributed by atoms with van der Waals surface area (Å²) in [5.74, 6) is -0.444. The molecule has 0 fully saturated rings. The van der Waals surface area contributed by atoms with Gasteiger partial charge in [-0.25, -0.2) is 9.86 Å². The molecule has 11 heteroatoms. The normalized spacial score (nSPS) is 12.8. The van der Waals surface area contributed by atoms with Gasteiger partial charge in [-0.3, -0.25) is 18.9 Å². The van der Waals surface area contributed by atoms with Gasteiger partial charge in [-0.05, 0) is 52.3 Å². The van der Waals surface area contributed by atoms with Gasteiger partial charge < -0.3 is 10.1 Å². The highest BCUT2D eigenvalue weighted by Gasteiger charge is 2.28. The molecule has 0 saturated heterocycles. The Hall–Kier alpha value is -2.37. The Labute approximate surface area is 171 Å². The Morgan fingerprint density at radius 1 is 1.17 bits per heavy atom. The third-order valence-corrected chi connectivity index (χ3v) is 3.94. The fourth-order valence-corrected chi connectivity index (χ4v) is 2.82. The standard InChI is InChI=1S/C18H29N3O7S/c1-6-21(27-7-2)16(22)15(19-17(23)28-18(3,4)5)12-13-8-10-14(11-9-13)20-29(24,25)26/h8-11,15,20H,6-7,12H2,1-5H3,(H,19,23)(H,24,25,26). The zero-order valence-corrected chi connectivity index (χ0v) is 18.1. The molecular formula is C18H29N3O7S. The number of alkyl carbamates (subject to hydrolysis) is 1. The molecule has 3 N–H and O–H groups in total. The van der Waals surface area contributed by atoms with E-state index in [1.807, 2.05) is 4.72 Å². The molecule has 1 aromatic rings. The number of nitrogens with one attached hydrogen (secondary N) is 2. The van der Waals surface area contributed by atoms with Gasteiger partial charge in [0.25, 0.3) is 5.91 Å². The molecule has 1 atom stereocenters. The fourth-order valence-electron chi connectivity index (χ4n) is 2.38. The Morgan fingerprint density at radius 2 is 1.76 bits per heavy atom. The van der Waals surface area contributed by atoms with E-state index in [2.05, 4.69) is 5.32 Å². The number of carbonyl (C=O) groups excluding carboxylic acids is 2. The summed E-state index contributed by atoms with van der Waals surface area (Å²) in [5.41, 5.74) is 0.0714. The number of hydrogen-bond donors (Lipinski definition) is 3. The first kappa shape index (κ1) is 24.7. The molecule has 0 saturated carbocycles. The third-order valence-electron chi connectivity index (χ3n) is 3.45. The molecule has 0 heterocycles. The van der Waals surface area contributed by atoms with Crippen LogP contribution in [0, 0.1) is 0 Å². The van der Waals surface area contributed by atoms with Crippen LogP contribution < -0.4 is 10.0 Å².